The normalized spacial score (nSPS) is 13.2. The second-order valence-corrected chi connectivity index (χ2v) is 10.1. The van der Waals surface area contributed by atoms with Crippen molar-refractivity contribution >= 4 is 47.1 Å². The van der Waals surface area contributed by atoms with Gasteiger partial charge < -0.3 is 20.3 Å². The number of para-hydroxylation sites is 1. The van der Waals surface area contributed by atoms with Gasteiger partial charge in [0, 0.05) is 55.8 Å². The molecule has 1 aliphatic heterocycles. The maximum Gasteiger partial charge on any atom is 0.257 e. The number of rotatable bonds is 7. The predicted octanol–water partition coefficient (Wildman–Crippen LogP) is 4.03. The van der Waals surface area contributed by atoms with Gasteiger partial charge in [0.25, 0.3) is 5.91 Å². The molecule has 2 aromatic carbocycles. The summed E-state index contributed by atoms with van der Waals surface area (Å²) >= 11 is 3.26. The molecule has 4 rings (SSSR count). The van der Waals surface area contributed by atoms with Crippen LogP contribution in [0.3, 0.4) is 0 Å². The zero-order valence-electron chi connectivity index (χ0n) is 21.5. The van der Waals surface area contributed by atoms with Crippen LogP contribution in [-0.4, -0.2) is 66.7 Å². The van der Waals surface area contributed by atoms with Crippen LogP contribution >= 0.6 is 23.9 Å². The number of anilines is 3. The Labute approximate surface area is 227 Å². The molecule has 1 saturated heterocycles. The number of nitrogens with two attached hydrogens (primary N) is 1. The number of aryl methyl sites for hydroxylation is 1. The zero-order chi connectivity index (χ0) is 26.8. The van der Waals surface area contributed by atoms with E-state index in [4.69, 9.17) is 5.26 Å². The quantitative estimate of drug-likeness (QED) is 0.429. The van der Waals surface area contributed by atoms with Crippen LogP contribution in [0.15, 0.2) is 59.5 Å². The SMILES string of the molecule is CN.CSN(C)c1ccccc1C(=O)Nc1ccc(SN2CCN(c3nc(C)cc(C#N)n3)CC2)cc1. The van der Waals surface area contributed by atoms with Gasteiger partial charge in [-0.25, -0.2) is 14.3 Å². The van der Waals surface area contributed by atoms with E-state index in [1.807, 2.05) is 73.1 Å². The lowest BCUT2D eigenvalue weighted by atomic mass is 10.1. The summed E-state index contributed by atoms with van der Waals surface area (Å²) in [4.78, 5) is 24.9. The number of hydrogen-bond donors (Lipinski definition) is 2. The van der Waals surface area contributed by atoms with E-state index in [0.29, 0.717) is 17.2 Å². The number of piperazine rings is 1. The highest BCUT2D eigenvalue weighted by Gasteiger charge is 2.21. The van der Waals surface area contributed by atoms with E-state index in [1.165, 1.54) is 7.05 Å². The molecular weight excluding hydrogens is 504 g/mol. The van der Waals surface area contributed by atoms with E-state index in [0.717, 1.165) is 48.1 Å². The first-order valence-corrected chi connectivity index (χ1v) is 13.7. The molecule has 0 aliphatic carbocycles. The van der Waals surface area contributed by atoms with Crippen molar-refractivity contribution < 1.29 is 4.79 Å². The highest BCUT2D eigenvalue weighted by molar-refractivity contribution is 7.99. The third-order valence-electron chi connectivity index (χ3n) is 5.59. The molecule has 0 atom stereocenters. The first-order chi connectivity index (χ1) is 18.0. The summed E-state index contributed by atoms with van der Waals surface area (Å²) in [6, 6.07) is 19.3. The Hall–Kier alpha value is -3.30. The van der Waals surface area contributed by atoms with E-state index in [9.17, 15) is 4.79 Å². The smallest absolute Gasteiger partial charge is 0.257 e. The summed E-state index contributed by atoms with van der Waals surface area (Å²) in [6.07, 6.45) is 1.98. The molecule has 0 radical (unpaired) electrons. The van der Waals surface area contributed by atoms with Gasteiger partial charge in [-0.15, -0.1) is 0 Å². The summed E-state index contributed by atoms with van der Waals surface area (Å²) in [7, 11) is 3.44. The number of carbonyl (C=O) groups excluding carboxylic acids is 1. The van der Waals surface area contributed by atoms with Crippen LogP contribution in [0.4, 0.5) is 17.3 Å². The summed E-state index contributed by atoms with van der Waals surface area (Å²) in [5.74, 6) is 0.493. The standard InChI is InChI=1S/C25H27N7OS2.CH5N/c1-18-16-20(17-26)29-25(27-18)31-12-14-32(15-13-31)35-21-10-8-19(9-11-21)28-24(33)22-6-4-5-7-23(22)30(2)34-3;1-2/h4-11,16H,12-15H2,1-3H3,(H,28,33);2H2,1H3. The van der Waals surface area contributed by atoms with Crippen molar-refractivity contribution in [3.63, 3.8) is 0 Å². The molecule has 0 saturated carbocycles. The Morgan fingerprint density at radius 2 is 1.76 bits per heavy atom. The fourth-order valence-electron chi connectivity index (χ4n) is 3.72. The number of nitrogens with zero attached hydrogens (tertiary/aromatic N) is 6. The van der Waals surface area contributed by atoms with E-state index < -0.39 is 0 Å². The lowest BCUT2D eigenvalue weighted by molar-refractivity contribution is 0.102. The summed E-state index contributed by atoms with van der Waals surface area (Å²) in [6.45, 7) is 5.16. The highest BCUT2D eigenvalue weighted by atomic mass is 32.2. The van der Waals surface area contributed by atoms with Gasteiger partial charge in [-0.1, -0.05) is 24.1 Å². The minimum Gasteiger partial charge on any atom is -0.338 e. The van der Waals surface area contributed by atoms with Crippen LogP contribution in [0, 0.1) is 18.3 Å². The fourth-order valence-corrected chi connectivity index (χ4v) is 4.97. The Morgan fingerprint density at radius 1 is 1.08 bits per heavy atom. The van der Waals surface area contributed by atoms with Gasteiger partial charge in [-0.3, -0.25) is 4.79 Å². The van der Waals surface area contributed by atoms with E-state index in [-0.39, 0.29) is 5.91 Å². The minimum absolute atomic E-state index is 0.129. The molecule has 3 aromatic rings. The molecule has 11 heteroatoms. The van der Waals surface area contributed by atoms with Crippen LogP contribution in [0.5, 0.6) is 0 Å². The van der Waals surface area contributed by atoms with Gasteiger partial charge >= 0.3 is 0 Å². The molecule has 1 amide bonds. The minimum atomic E-state index is -0.129. The maximum absolute atomic E-state index is 12.9. The lowest BCUT2D eigenvalue weighted by Crippen LogP contribution is -2.44. The van der Waals surface area contributed by atoms with Gasteiger partial charge in [0.1, 0.15) is 11.8 Å². The highest BCUT2D eigenvalue weighted by Crippen LogP contribution is 2.28. The first-order valence-electron chi connectivity index (χ1n) is 11.8. The number of nitrogens with one attached hydrogen (secondary N) is 1. The summed E-state index contributed by atoms with van der Waals surface area (Å²) in [5.41, 5.74) is 7.98. The predicted molar refractivity (Wildman–Crippen MR) is 154 cm³/mol. The van der Waals surface area contributed by atoms with Crippen LogP contribution in [-0.2, 0) is 0 Å². The number of carbonyl (C=O) groups is 1. The molecule has 0 unspecified atom stereocenters. The Morgan fingerprint density at radius 3 is 2.41 bits per heavy atom. The van der Waals surface area contributed by atoms with E-state index in [1.54, 1.807) is 30.0 Å². The number of benzene rings is 2. The van der Waals surface area contributed by atoms with Crippen molar-refractivity contribution in [3.05, 3.63) is 71.5 Å². The van der Waals surface area contributed by atoms with Crippen LogP contribution in [0.25, 0.3) is 0 Å². The number of hydrogen-bond acceptors (Lipinski definition) is 10. The van der Waals surface area contributed by atoms with Crippen molar-refractivity contribution in [2.24, 2.45) is 5.73 Å². The van der Waals surface area contributed by atoms with Crippen LogP contribution in [0.1, 0.15) is 21.7 Å². The summed E-state index contributed by atoms with van der Waals surface area (Å²) < 4.78 is 4.28. The van der Waals surface area contributed by atoms with Gasteiger partial charge in [-0.2, -0.15) is 5.26 Å². The van der Waals surface area contributed by atoms with E-state index >= 15 is 0 Å². The second kappa shape index (κ2) is 13.9. The number of nitriles is 1. The van der Waals surface area contributed by atoms with Crippen molar-refractivity contribution in [3.8, 4) is 6.07 Å². The zero-order valence-corrected chi connectivity index (χ0v) is 23.1. The monoisotopic (exact) mass is 536 g/mol. The number of amides is 1. The molecule has 1 aliphatic rings. The molecule has 1 fully saturated rings. The molecule has 0 spiro atoms. The number of aromatic nitrogens is 2. The van der Waals surface area contributed by atoms with Crippen molar-refractivity contribution in [1.82, 2.24) is 14.3 Å². The van der Waals surface area contributed by atoms with Gasteiger partial charge in [0.05, 0.1) is 11.3 Å². The molecule has 1 aromatic heterocycles. The molecule has 2 heterocycles. The first kappa shape index (κ1) is 28.3. The maximum atomic E-state index is 12.9. The molecule has 0 bridgehead atoms. The van der Waals surface area contributed by atoms with Gasteiger partial charge in [0.15, 0.2) is 0 Å². The van der Waals surface area contributed by atoms with Crippen molar-refractivity contribution in [1.29, 1.82) is 5.26 Å². The Bertz CT molecular complexity index is 1220. The van der Waals surface area contributed by atoms with Crippen LogP contribution < -0.4 is 20.3 Å². The molecular formula is C26H32N8OS2. The molecule has 194 valence electrons. The van der Waals surface area contributed by atoms with Crippen LogP contribution in [0.2, 0.25) is 0 Å². The second-order valence-electron chi connectivity index (χ2n) is 7.99. The summed E-state index contributed by atoms with van der Waals surface area (Å²) in [5, 5.41) is 12.2. The van der Waals surface area contributed by atoms with E-state index in [2.05, 4.69) is 36.3 Å². The fraction of sp³-hybridized carbons (Fsp3) is 0.308. The molecule has 3 N–H and O–H groups in total. The van der Waals surface area contributed by atoms with Crippen molar-refractivity contribution in [2.75, 3.05) is 61.1 Å². The average molecular weight is 537 g/mol. The lowest BCUT2D eigenvalue weighted by Gasteiger charge is -2.33. The topological polar surface area (TPSA) is 114 Å². The van der Waals surface area contributed by atoms with Crippen molar-refractivity contribution in [2.45, 2.75) is 11.8 Å². The molecule has 37 heavy (non-hydrogen) atoms. The Balaban J connectivity index is 0.00000186. The third-order valence-corrected chi connectivity index (χ3v) is 7.44. The Kier molecular flexibility index (Phi) is 10.6. The largest absolute Gasteiger partial charge is 0.338 e. The van der Waals surface area contributed by atoms with Gasteiger partial charge in [-0.05, 0) is 68.4 Å². The molecule has 9 nitrogen and oxygen atoms in total. The van der Waals surface area contributed by atoms with Gasteiger partial charge in [0.2, 0.25) is 5.95 Å². The average Bonchev–Trinajstić information content (AvgIpc) is 2.94. The third kappa shape index (κ3) is 7.60.